The lowest BCUT2D eigenvalue weighted by molar-refractivity contribution is -0.461. The van der Waals surface area contributed by atoms with Crippen molar-refractivity contribution in [3.63, 3.8) is 0 Å². The molecule has 4 N–H and O–H groups in total. The number of hydrogen-bond donors (Lipinski definition) is 4. The number of phosphoric ester groups is 1. The first-order valence-corrected chi connectivity index (χ1v) is 12.6. The molecule has 258 valence electrons. The molecule has 0 aromatic rings. The molecule has 0 saturated carbocycles. The van der Waals surface area contributed by atoms with E-state index < -0.39 is 68.5 Å². The minimum atomic E-state index is -8.73. The van der Waals surface area contributed by atoms with Gasteiger partial charge in [0.05, 0.1) is 6.61 Å². The quantitative estimate of drug-likeness (QED) is 0.120. The second-order valence-corrected chi connectivity index (χ2v) is 8.88. The molecule has 0 unspecified atom stereocenters. The van der Waals surface area contributed by atoms with Gasteiger partial charge in [0.25, 0.3) is 0 Å². The smallest absolute Gasteiger partial charge is 0.317 e. The van der Waals surface area contributed by atoms with Gasteiger partial charge in [-0.25, -0.2) is 4.57 Å². The van der Waals surface area contributed by atoms with E-state index in [9.17, 15) is 79.2 Å². The minimum Gasteiger partial charge on any atom is -0.317 e. The fraction of sp³-hybridized carbons (Fsp3) is 1.00. The van der Waals surface area contributed by atoms with Crippen LogP contribution in [0.25, 0.3) is 0 Å². The van der Waals surface area contributed by atoms with Crippen LogP contribution in [0, 0.1) is 0 Å². The van der Waals surface area contributed by atoms with Crippen molar-refractivity contribution in [2.24, 2.45) is 0 Å². The van der Waals surface area contributed by atoms with E-state index in [0.717, 1.165) is 26.2 Å². The average molecular weight is 690 g/mol. The van der Waals surface area contributed by atoms with Crippen LogP contribution in [0.15, 0.2) is 0 Å². The lowest BCUT2D eigenvalue weighted by Crippen LogP contribution is -2.74. The molecule has 0 aliphatic carbocycles. The van der Waals surface area contributed by atoms with E-state index in [2.05, 4.69) is 42.9 Å². The number of alkyl halides is 17. The van der Waals surface area contributed by atoms with Crippen LogP contribution in [-0.4, -0.2) is 90.2 Å². The molecule has 0 atom stereocenters. The molecule has 0 aliphatic rings. The van der Waals surface area contributed by atoms with Crippen LogP contribution < -0.4 is 10.6 Å². The summed E-state index contributed by atoms with van der Waals surface area (Å²) in [4.78, 5) is 16.2. The Labute approximate surface area is 227 Å². The summed E-state index contributed by atoms with van der Waals surface area (Å²) in [6.07, 6.45) is -10.9. The zero-order valence-corrected chi connectivity index (χ0v) is 22.7. The minimum absolute atomic E-state index is 1.09. The van der Waals surface area contributed by atoms with Crippen molar-refractivity contribution in [1.82, 2.24) is 10.6 Å². The van der Waals surface area contributed by atoms with E-state index in [1.807, 2.05) is 0 Å². The molecule has 0 saturated heterocycles. The molecule has 0 aromatic heterocycles. The van der Waals surface area contributed by atoms with Gasteiger partial charge in [-0.1, -0.05) is 27.7 Å². The molecule has 42 heavy (non-hydrogen) atoms. The molecule has 0 bridgehead atoms. The zero-order valence-electron chi connectivity index (χ0n) is 21.8. The zero-order chi connectivity index (χ0) is 34.9. The third-order valence-corrected chi connectivity index (χ3v) is 4.98. The van der Waals surface area contributed by atoms with Gasteiger partial charge in [0, 0.05) is 6.42 Å². The molecule has 0 spiro atoms. The summed E-state index contributed by atoms with van der Waals surface area (Å²) >= 11 is 0. The molecule has 0 rings (SSSR count). The van der Waals surface area contributed by atoms with Crippen LogP contribution >= 0.6 is 7.82 Å². The van der Waals surface area contributed by atoms with Gasteiger partial charge in [-0.3, -0.25) is 4.52 Å². The molecule has 0 aromatic carbocycles. The molecular formula is C18H28F17N2O4P. The normalized spacial score (nSPS) is 14.5. The van der Waals surface area contributed by atoms with Gasteiger partial charge >= 0.3 is 55.5 Å². The molecule has 24 heteroatoms. The van der Waals surface area contributed by atoms with Gasteiger partial charge in [0.1, 0.15) is 0 Å². The second-order valence-electron chi connectivity index (χ2n) is 7.64. The van der Waals surface area contributed by atoms with Crippen LogP contribution in [-0.2, 0) is 9.09 Å². The maximum absolute atomic E-state index is 13.3. The Morgan fingerprint density at radius 3 is 1.00 bits per heavy atom. The van der Waals surface area contributed by atoms with Crippen molar-refractivity contribution in [2.75, 3.05) is 32.8 Å². The highest BCUT2D eigenvalue weighted by Gasteiger charge is 2.95. The number of halogens is 17. The van der Waals surface area contributed by atoms with E-state index in [1.165, 1.54) is 0 Å². The first kappa shape index (κ1) is 45.3. The third kappa shape index (κ3) is 10.2. The van der Waals surface area contributed by atoms with Crippen molar-refractivity contribution in [2.45, 2.75) is 81.7 Å². The number of nitrogens with one attached hydrogen (secondary N) is 2. The molecular weight excluding hydrogens is 662 g/mol. The van der Waals surface area contributed by atoms with E-state index in [4.69, 9.17) is 9.79 Å². The van der Waals surface area contributed by atoms with E-state index in [0.29, 0.717) is 0 Å². The van der Waals surface area contributed by atoms with Crippen LogP contribution in [0.5, 0.6) is 0 Å². The predicted molar refractivity (Wildman–Crippen MR) is 112 cm³/mol. The Kier molecular flexibility index (Phi) is 16.9. The SMILES string of the molecule is CCNCC.CCNCC.O=P(O)(O)OCCC(F)(F)C(F)(F)C(F)(F)C(F)(F)C(F)(F)C(F)(F)C(F)(F)C(F)(F)F. The summed E-state index contributed by atoms with van der Waals surface area (Å²) in [5.74, 6) is -57.4. The molecule has 0 fully saturated rings. The van der Waals surface area contributed by atoms with Gasteiger partial charge in [0.15, 0.2) is 0 Å². The highest BCUT2D eigenvalue weighted by molar-refractivity contribution is 7.46. The Balaban J connectivity index is -0.00000129. The Bertz CT molecular complexity index is 825. The Morgan fingerprint density at radius 1 is 0.524 bits per heavy atom. The van der Waals surface area contributed by atoms with Crippen LogP contribution in [0.3, 0.4) is 0 Å². The van der Waals surface area contributed by atoms with E-state index >= 15 is 0 Å². The van der Waals surface area contributed by atoms with Gasteiger partial charge in [-0.15, -0.1) is 0 Å². The molecule has 6 nitrogen and oxygen atoms in total. The monoisotopic (exact) mass is 690 g/mol. The van der Waals surface area contributed by atoms with E-state index in [-0.39, 0.29) is 0 Å². The fourth-order valence-corrected chi connectivity index (χ4v) is 2.48. The van der Waals surface area contributed by atoms with Gasteiger partial charge in [-0.2, -0.15) is 74.6 Å². The van der Waals surface area contributed by atoms with Crippen molar-refractivity contribution in [3.05, 3.63) is 0 Å². The van der Waals surface area contributed by atoms with Crippen molar-refractivity contribution < 1.29 is 93.5 Å². The van der Waals surface area contributed by atoms with Crippen LogP contribution in [0.1, 0.15) is 34.1 Å². The summed E-state index contributed by atoms with van der Waals surface area (Å²) in [6, 6.07) is 0. The molecule has 0 amide bonds. The van der Waals surface area contributed by atoms with E-state index in [1.54, 1.807) is 0 Å². The first-order chi connectivity index (χ1) is 18.3. The van der Waals surface area contributed by atoms with Gasteiger partial charge < -0.3 is 20.4 Å². The third-order valence-electron chi connectivity index (χ3n) is 4.46. The fourth-order valence-electron chi connectivity index (χ4n) is 2.15. The van der Waals surface area contributed by atoms with Crippen molar-refractivity contribution >= 4 is 7.82 Å². The highest BCUT2D eigenvalue weighted by Crippen LogP contribution is 2.64. The summed E-state index contributed by atoms with van der Waals surface area (Å²) in [7, 11) is -5.78. The number of phosphoric acid groups is 1. The van der Waals surface area contributed by atoms with Crippen LogP contribution in [0.4, 0.5) is 74.6 Å². The molecule has 0 aliphatic heterocycles. The van der Waals surface area contributed by atoms with Gasteiger partial charge in [0.2, 0.25) is 0 Å². The van der Waals surface area contributed by atoms with Gasteiger partial charge in [-0.05, 0) is 26.2 Å². The topological polar surface area (TPSA) is 90.8 Å². The maximum Gasteiger partial charge on any atom is 0.469 e. The standard InChI is InChI=1S/C10H6F17O4P.2C4H11N/c11-3(12,1-2-31-32(28,29)30)4(13,14)5(15,16)6(17,18)7(19,20)8(21,22)9(23,24)10(25,26)27;2*1-3-5-4-2/h1-2H2,(H2,28,29,30);2*5H,3-4H2,1-2H3. The summed E-state index contributed by atoms with van der Waals surface area (Å²) in [5.41, 5.74) is 0. The maximum atomic E-state index is 13.3. The predicted octanol–water partition coefficient (Wildman–Crippen LogP) is 6.73. The average Bonchev–Trinajstić information content (AvgIpc) is 2.78. The summed E-state index contributed by atoms with van der Waals surface area (Å²) in [6.45, 7) is 10.4. The molecule has 0 heterocycles. The van der Waals surface area contributed by atoms with Crippen molar-refractivity contribution in [3.8, 4) is 0 Å². The Hall–Kier alpha value is -1.16. The second kappa shape index (κ2) is 15.7. The van der Waals surface area contributed by atoms with Crippen molar-refractivity contribution in [1.29, 1.82) is 0 Å². The lowest BCUT2D eigenvalue weighted by Gasteiger charge is -2.42. The summed E-state index contributed by atoms with van der Waals surface area (Å²) < 4.78 is 233. The highest BCUT2D eigenvalue weighted by atomic mass is 31.2. The summed E-state index contributed by atoms with van der Waals surface area (Å²) in [5, 5.41) is 6.22. The largest absolute Gasteiger partial charge is 0.469 e. The molecule has 0 radical (unpaired) electrons. The number of rotatable bonds is 14. The number of hydrogen-bond acceptors (Lipinski definition) is 4. The lowest BCUT2D eigenvalue weighted by atomic mass is 9.88. The Morgan fingerprint density at radius 2 is 0.786 bits per heavy atom. The van der Waals surface area contributed by atoms with Crippen LogP contribution in [0.2, 0.25) is 0 Å². The first-order valence-electron chi connectivity index (χ1n) is 11.1.